The largest absolute Gasteiger partial charge is 0.333 e. The zero-order valence-electron chi connectivity index (χ0n) is 9.40. The fourth-order valence-corrected chi connectivity index (χ4v) is 1.93. The Balaban J connectivity index is 2.45. The van der Waals surface area contributed by atoms with Gasteiger partial charge in [0, 0.05) is 23.6 Å². The van der Waals surface area contributed by atoms with Gasteiger partial charge in [0.25, 0.3) is 0 Å². The van der Waals surface area contributed by atoms with Gasteiger partial charge in [0.2, 0.25) is 0 Å². The van der Waals surface area contributed by atoms with Crippen LogP contribution in [0.3, 0.4) is 0 Å². The first-order valence-electron chi connectivity index (χ1n) is 5.51. The maximum absolute atomic E-state index is 8.78. The summed E-state index contributed by atoms with van der Waals surface area (Å²) in [5.41, 5.74) is 2.39. The minimum atomic E-state index is 0.409. The Morgan fingerprint density at radius 3 is 2.94 bits per heavy atom. The Kier molecular flexibility index (Phi) is 3.23. The molecule has 2 rings (SSSR count). The van der Waals surface area contributed by atoms with Gasteiger partial charge in [-0.25, -0.2) is 0 Å². The summed E-state index contributed by atoms with van der Waals surface area (Å²) in [6.45, 7) is 4.31. The number of hydrogen-bond donors (Lipinski definition) is 1. The van der Waals surface area contributed by atoms with Gasteiger partial charge in [-0.3, -0.25) is 0 Å². The Morgan fingerprint density at radius 1 is 1.38 bits per heavy atom. The lowest BCUT2D eigenvalue weighted by molar-refractivity contribution is 0.725. The van der Waals surface area contributed by atoms with Gasteiger partial charge in [-0.1, -0.05) is 25.1 Å². The van der Waals surface area contributed by atoms with Gasteiger partial charge in [-0.2, -0.15) is 5.26 Å². The van der Waals surface area contributed by atoms with E-state index in [1.54, 1.807) is 0 Å². The molecule has 3 heteroatoms. The molecule has 0 atom stereocenters. The molecule has 0 spiro atoms. The van der Waals surface area contributed by atoms with Crippen LogP contribution in [0.1, 0.15) is 12.5 Å². The van der Waals surface area contributed by atoms with Gasteiger partial charge in [-0.05, 0) is 18.2 Å². The summed E-state index contributed by atoms with van der Waals surface area (Å²) in [4.78, 5) is 0. The molecule has 3 nitrogen and oxygen atoms in total. The quantitative estimate of drug-likeness (QED) is 0.846. The van der Waals surface area contributed by atoms with Crippen LogP contribution in [0.25, 0.3) is 10.9 Å². The van der Waals surface area contributed by atoms with Crippen molar-refractivity contribution in [3.05, 3.63) is 36.0 Å². The average molecular weight is 213 g/mol. The lowest BCUT2D eigenvalue weighted by Gasteiger charge is -1.98. The maximum Gasteiger partial charge on any atom is 0.110 e. The van der Waals surface area contributed by atoms with E-state index in [0.717, 1.165) is 18.6 Å². The number of benzene rings is 1. The molecule has 0 fully saturated rings. The SMILES string of the molecule is CCNCc1cn(CC#N)c2ccccc12. The molecule has 1 aromatic heterocycles. The van der Waals surface area contributed by atoms with Crippen molar-refractivity contribution in [1.29, 1.82) is 5.26 Å². The standard InChI is InChI=1S/C13H15N3/c1-2-15-9-11-10-16(8-7-14)13-6-4-3-5-12(11)13/h3-6,10,15H,2,8-9H2,1H3. The topological polar surface area (TPSA) is 40.8 Å². The lowest BCUT2D eigenvalue weighted by Crippen LogP contribution is -2.11. The number of nitrogens with zero attached hydrogens (tertiary/aromatic N) is 2. The predicted molar refractivity (Wildman–Crippen MR) is 64.9 cm³/mol. The Hall–Kier alpha value is -1.79. The lowest BCUT2D eigenvalue weighted by atomic mass is 10.2. The highest BCUT2D eigenvalue weighted by molar-refractivity contribution is 5.84. The maximum atomic E-state index is 8.78. The first kappa shape index (κ1) is 10.7. The molecular formula is C13H15N3. The third kappa shape index (κ3) is 1.93. The number of nitriles is 1. The van der Waals surface area contributed by atoms with E-state index in [-0.39, 0.29) is 0 Å². The van der Waals surface area contributed by atoms with Gasteiger partial charge in [0.05, 0.1) is 6.07 Å². The number of nitrogens with one attached hydrogen (secondary N) is 1. The number of rotatable bonds is 4. The highest BCUT2D eigenvalue weighted by Crippen LogP contribution is 2.20. The van der Waals surface area contributed by atoms with E-state index in [1.165, 1.54) is 10.9 Å². The predicted octanol–water partition coefficient (Wildman–Crippen LogP) is 2.27. The second-order valence-electron chi connectivity index (χ2n) is 3.74. The Bertz CT molecular complexity index is 519. The van der Waals surface area contributed by atoms with Crippen molar-refractivity contribution >= 4 is 10.9 Å². The minimum absolute atomic E-state index is 0.409. The van der Waals surface area contributed by atoms with Crippen LogP contribution in [-0.4, -0.2) is 11.1 Å². The van der Waals surface area contributed by atoms with Crippen molar-refractivity contribution in [2.24, 2.45) is 0 Å². The van der Waals surface area contributed by atoms with Crippen molar-refractivity contribution < 1.29 is 0 Å². The summed E-state index contributed by atoms with van der Waals surface area (Å²) in [6, 6.07) is 10.4. The van der Waals surface area contributed by atoms with E-state index >= 15 is 0 Å². The van der Waals surface area contributed by atoms with Crippen molar-refractivity contribution in [3.63, 3.8) is 0 Å². The first-order chi connectivity index (χ1) is 7.86. The zero-order chi connectivity index (χ0) is 11.4. The van der Waals surface area contributed by atoms with Gasteiger partial charge in [-0.15, -0.1) is 0 Å². The highest BCUT2D eigenvalue weighted by atomic mass is 15.0. The molecule has 82 valence electrons. The molecular weight excluding hydrogens is 198 g/mol. The van der Waals surface area contributed by atoms with E-state index in [1.807, 2.05) is 16.7 Å². The normalized spacial score (nSPS) is 10.5. The Morgan fingerprint density at radius 2 is 2.19 bits per heavy atom. The highest BCUT2D eigenvalue weighted by Gasteiger charge is 2.06. The molecule has 16 heavy (non-hydrogen) atoms. The summed E-state index contributed by atoms with van der Waals surface area (Å²) < 4.78 is 2.00. The van der Waals surface area contributed by atoms with E-state index in [2.05, 4.69) is 36.6 Å². The average Bonchev–Trinajstić information content (AvgIpc) is 2.66. The molecule has 0 saturated heterocycles. The molecule has 0 amide bonds. The summed E-state index contributed by atoms with van der Waals surface area (Å²) in [5.74, 6) is 0. The van der Waals surface area contributed by atoms with Gasteiger partial charge in [0.15, 0.2) is 0 Å². The molecule has 1 heterocycles. The van der Waals surface area contributed by atoms with Crippen LogP contribution in [0, 0.1) is 11.3 Å². The van der Waals surface area contributed by atoms with E-state index in [4.69, 9.17) is 5.26 Å². The Labute approximate surface area is 95.3 Å². The van der Waals surface area contributed by atoms with E-state index in [9.17, 15) is 0 Å². The van der Waals surface area contributed by atoms with Crippen LogP contribution in [0.4, 0.5) is 0 Å². The molecule has 0 aliphatic heterocycles. The fourth-order valence-electron chi connectivity index (χ4n) is 1.93. The molecule has 0 saturated carbocycles. The minimum Gasteiger partial charge on any atom is -0.333 e. The number of para-hydroxylation sites is 1. The van der Waals surface area contributed by atoms with Crippen molar-refractivity contribution in [1.82, 2.24) is 9.88 Å². The second kappa shape index (κ2) is 4.82. The van der Waals surface area contributed by atoms with Gasteiger partial charge >= 0.3 is 0 Å². The van der Waals surface area contributed by atoms with Crippen LogP contribution in [0.5, 0.6) is 0 Å². The van der Waals surface area contributed by atoms with Crippen molar-refractivity contribution in [2.45, 2.75) is 20.0 Å². The van der Waals surface area contributed by atoms with Gasteiger partial charge < -0.3 is 9.88 Å². The molecule has 0 radical (unpaired) electrons. The monoisotopic (exact) mass is 213 g/mol. The smallest absolute Gasteiger partial charge is 0.110 e. The third-order valence-corrected chi connectivity index (χ3v) is 2.68. The summed E-state index contributed by atoms with van der Waals surface area (Å²) in [6.07, 6.45) is 2.07. The molecule has 2 aromatic rings. The van der Waals surface area contributed by atoms with E-state index < -0.39 is 0 Å². The van der Waals surface area contributed by atoms with Crippen LogP contribution in [0.2, 0.25) is 0 Å². The number of fused-ring (bicyclic) bond motifs is 1. The summed E-state index contributed by atoms with van der Waals surface area (Å²) in [5, 5.41) is 13.3. The molecule has 0 unspecified atom stereocenters. The summed E-state index contributed by atoms with van der Waals surface area (Å²) >= 11 is 0. The van der Waals surface area contributed by atoms with Crippen LogP contribution in [-0.2, 0) is 13.1 Å². The van der Waals surface area contributed by atoms with E-state index in [0.29, 0.717) is 6.54 Å². The fraction of sp³-hybridized carbons (Fsp3) is 0.308. The molecule has 0 aliphatic carbocycles. The zero-order valence-corrected chi connectivity index (χ0v) is 9.40. The number of aromatic nitrogens is 1. The van der Waals surface area contributed by atoms with Crippen LogP contribution >= 0.6 is 0 Å². The second-order valence-corrected chi connectivity index (χ2v) is 3.74. The molecule has 1 N–H and O–H groups in total. The third-order valence-electron chi connectivity index (χ3n) is 2.68. The molecule has 0 bridgehead atoms. The first-order valence-corrected chi connectivity index (χ1v) is 5.51. The van der Waals surface area contributed by atoms with Gasteiger partial charge in [0.1, 0.15) is 6.54 Å². The van der Waals surface area contributed by atoms with Crippen molar-refractivity contribution in [3.8, 4) is 6.07 Å². The van der Waals surface area contributed by atoms with Crippen molar-refractivity contribution in [2.75, 3.05) is 6.54 Å². The molecule has 0 aliphatic rings. The molecule has 1 aromatic carbocycles. The number of hydrogen-bond acceptors (Lipinski definition) is 2. The van der Waals surface area contributed by atoms with Crippen LogP contribution in [0.15, 0.2) is 30.5 Å². The summed E-state index contributed by atoms with van der Waals surface area (Å²) in [7, 11) is 0. The van der Waals surface area contributed by atoms with Crippen LogP contribution < -0.4 is 5.32 Å².